The van der Waals surface area contributed by atoms with Crippen molar-refractivity contribution >= 4 is 53.7 Å². The van der Waals surface area contributed by atoms with E-state index in [-0.39, 0.29) is 0 Å². The van der Waals surface area contributed by atoms with Gasteiger partial charge in [-0.15, -0.1) is 0 Å². The smallest absolute Gasteiger partial charge is 0.0498 e. The Hall–Kier alpha value is -0.800. The van der Waals surface area contributed by atoms with E-state index in [1.54, 1.807) is 0 Å². The largest absolute Gasteiger partial charge is 0.354 e. The first kappa shape index (κ1) is 19.0. The number of benzene rings is 2. The zero-order valence-electron chi connectivity index (χ0n) is 15.3. The number of fused-ring (bicyclic) bond motifs is 3. The van der Waals surface area contributed by atoms with Crippen molar-refractivity contribution in [3.63, 3.8) is 0 Å². The van der Waals surface area contributed by atoms with Gasteiger partial charge in [0.1, 0.15) is 0 Å². The number of hydrogen-bond donors (Lipinski definition) is 1. The summed E-state index contributed by atoms with van der Waals surface area (Å²) in [4.78, 5) is 3.64. The molecule has 0 aliphatic rings. The minimum absolute atomic E-state index is 0.784. The molecular weight excluding hydrogens is 438 g/mol. The molecule has 134 valence electrons. The summed E-state index contributed by atoms with van der Waals surface area (Å²) in [5.41, 5.74) is 3.93. The van der Waals surface area contributed by atoms with Gasteiger partial charge in [0.15, 0.2) is 0 Å². The van der Waals surface area contributed by atoms with E-state index >= 15 is 0 Å². The highest BCUT2D eigenvalue weighted by molar-refractivity contribution is 9.10. The SMILES string of the molecule is CC(C)CCC[C@@H](C)CCc1cc(Br)cc2c1[nH]c1ccc(Br)cc12. The van der Waals surface area contributed by atoms with Crippen molar-refractivity contribution in [2.75, 3.05) is 0 Å². The van der Waals surface area contributed by atoms with Gasteiger partial charge in [0, 0.05) is 30.8 Å². The minimum Gasteiger partial charge on any atom is -0.354 e. The molecule has 0 saturated heterocycles. The van der Waals surface area contributed by atoms with Gasteiger partial charge in [-0.1, -0.05) is 71.9 Å². The third-order valence-corrected chi connectivity index (χ3v) is 6.05. The first-order valence-corrected chi connectivity index (χ1v) is 10.9. The van der Waals surface area contributed by atoms with Crippen LogP contribution < -0.4 is 0 Å². The van der Waals surface area contributed by atoms with Gasteiger partial charge in [0.2, 0.25) is 0 Å². The number of aryl methyl sites for hydroxylation is 1. The van der Waals surface area contributed by atoms with E-state index in [2.05, 4.69) is 87.9 Å². The molecule has 3 heteroatoms. The Morgan fingerprint density at radius 2 is 1.64 bits per heavy atom. The van der Waals surface area contributed by atoms with Crippen LogP contribution in [-0.2, 0) is 6.42 Å². The molecule has 3 aromatic rings. The Morgan fingerprint density at radius 1 is 0.880 bits per heavy atom. The molecule has 0 aliphatic heterocycles. The zero-order chi connectivity index (χ0) is 18.0. The van der Waals surface area contributed by atoms with Gasteiger partial charge < -0.3 is 4.98 Å². The monoisotopic (exact) mass is 463 g/mol. The molecule has 0 bridgehead atoms. The number of nitrogens with one attached hydrogen (secondary N) is 1. The average molecular weight is 465 g/mol. The van der Waals surface area contributed by atoms with Crippen LogP contribution in [0.4, 0.5) is 0 Å². The number of rotatable bonds is 7. The van der Waals surface area contributed by atoms with E-state index in [4.69, 9.17) is 0 Å². The van der Waals surface area contributed by atoms with E-state index in [9.17, 15) is 0 Å². The maximum absolute atomic E-state index is 3.71. The number of aromatic amines is 1. The van der Waals surface area contributed by atoms with Gasteiger partial charge in [0.25, 0.3) is 0 Å². The van der Waals surface area contributed by atoms with Crippen molar-refractivity contribution in [1.82, 2.24) is 4.98 Å². The van der Waals surface area contributed by atoms with Crippen LogP contribution in [0.2, 0.25) is 0 Å². The Labute approximate surface area is 167 Å². The Morgan fingerprint density at radius 3 is 2.40 bits per heavy atom. The molecule has 1 N–H and O–H groups in total. The molecule has 25 heavy (non-hydrogen) atoms. The van der Waals surface area contributed by atoms with Crippen molar-refractivity contribution in [1.29, 1.82) is 0 Å². The van der Waals surface area contributed by atoms with Crippen LogP contribution in [0.1, 0.15) is 52.0 Å². The molecule has 2 aromatic carbocycles. The minimum atomic E-state index is 0.784. The van der Waals surface area contributed by atoms with Crippen LogP contribution >= 0.6 is 31.9 Å². The second-order valence-electron chi connectivity index (χ2n) is 7.77. The number of hydrogen-bond acceptors (Lipinski definition) is 0. The molecule has 1 heterocycles. The van der Waals surface area contributed by atoms with Crippen molar-refractivity contribution in [3.8, 4) is 0 Å². The summed E-state index contributed by atoms with van der Waals surface area (Å²) in [6, 6.07) is 11.0. The highest BCUT2D eigenvalue weighted by atomic mass is 79.9. The van der Waals surface area contributed by atoms with Crippen LogP contribution in [0.15, 0.2) is 39.3 Å². The fraction of sp³-hybridized carbons (Fsp3) is 0.455. The van der Waals surface area contributed by atoms with Gasteiger partial charge in [0.05, 0.1) is 0 Å². The third-order valence-electron chi connectivity index (χ3n) is 5.10. The summed E-state index contributed by atoms with van der Waals surface area (Å²) in [5, 5.41) is 2.60. The second-order valence-corrected chi connectivity index (χ2v) is 9.60. The molecule has 0 unspecified atom stereocenters. The van der Waals surface area contributed by atoms with Crippen molar-refractivity contribution < 1.29 is 0 Å². The van der Waals surface area contributed by atoms with Gasteiger partial charge >= 0.3 is 0 Å². The fourth-order valence-electron chi connectivity index (χ4n) is 3.62. The lowest BCUT2D eigenvalue weighted by Crippen LogP contribution is -1.99. The van der Waals surface area contributed by atoms with Crippen molar-refractivity contribution in [3.05, 3.63) is 44.8 Å². The Bertz CT molecular complexity index is 863. The second kappa shape index (κ2) is 8.26. The lowest BCUT2D eigenvalue weighted by atomic mass is 9.94. The zero-order valence-corrected chi connectivity index (χ0v) is 18.5. The third kappa shape index (κ3) is 4.68. The summed E-state index contributed by atoms with van der Waals surface area (Å²) < 4.78 is 2.30. The van der Waals surface area contributed by atoms with Crippen LogP contribution in [-0.4, -0.2) is 4.98 Å². The van der Waals surface area contributed by atoms with Gasteiger partial charge in [-0.25, -0.2) is 0 Å². The van der Waals surface area contributed by atoms with Crippen LogP contribution in [0.25, 0.3) is 21.8 Å². The average Bonchev–Trinajstić information content (AvgIpc) is 2.90. The molecule has 0 fully saturated rings. The number of aromatic nitrogens is 1. The molecule has 1 aromatic heterocycles. The molecule has 3 rings (SSSR count). The summed E-state index contributed by atoms with van der Waals surface area (Å²) in [7, 11) is 0. The van der Waals surface area contributed by atoms with Gasteiger partial charge in [-0.05, 0) is 60.6 Å². The first-order chi connectivity index (χ1) is 11.9. The summed E-state index contributed by atoms with van der Waals surface area (Å²) in [6.07, 6.45) is 6.43. The first-order valence-electron chi connectivity index (χ1n) is 9.33. The molecule has 0 amide bonds. The molecule has 0 aliphatic carbocycles. The molecule has 1 atom stereocenters. The standard InChI is InChI=1S/C22H27Br2N/c1-14(2)5-4-6-15(3)7-8-16-11-18(24)13-20-19-12-17(23)9-10-21(19)25-22(16)20/h9-15,25H,4-8H2,1-3H3/t15-/m1/s1. The van der Waals surface area contributed by atoms with Crippen molar-refractivity contribution in [2.24, 2.45) is 11.8 Å². The van der Waals surface area contributed by atoms with E-state index in [0.717, 1.165) is 22.7 Å². The summed E-state index contributed by atoms with van der Waals surface area (Å²) in [5.74, 6) is 1.61. The van der Waals surface area contributed by atoms with E-state index < -0.39 is 0 Å². The highest BCUT2D eigenvalue weighted by Crippen LogP contribution is 2.33. The molecule has 0 saturated carbocycles. The Kier molecular flexibility index (Phi) is 6.27. The normalized spacial score (nSPS) is 13.2. The maximum Gasteiger partial charge on any atom is 0.0498 e. The van der Waals surface area contributed by atoms with Crippen LogP contribution in [0, 0.1) is 11.8 Å². The Balaban J connectivity index is 1.80. The summed E-state index contributed by atoms with van der Waals surface area (Å²) >= 11 is 7.31. The highest BCUT2D eigenvalue weighted by Gasteiger charge is 2.12. The lowest BCUT2D eigenvalue weighted by Gasteiger charge is -2.13. The summed E-state index contributed by atoms with van der Waals surface area (Å²) in [6.45, 7) is 7.03. The van der Waals surface area contributed by atoms with Crippen LogP contribution in [0.3, 0.4) is 0 Å². The predicted molar refractivity (Wildman–Crippen MR) is 117 cm³/mol. The predicted octanol–water partition coefficient (Wildman–Crippen LogP) is 8.24. The maximum atomic E-state index is 3.71. The van der Waals surface area contributed by atoms with Crippen molar-refractivity contribution in [2.45, 2.75) is 52.9 Å². The van der Waals surface area contributed by atoms with Gasteiger partial charge in [-0.3, -0.25) is 0 Å². The number of H-pyrrole nitrogens is 1. The quantitative estimate of drug-likeness (QED) is 0.362. The number of halogens is 2. The lowest BCUT2D eigenvalue weighted by molar-refractivity contribution is 0.437. The van der Waals surface area contributed by atoms with E-state index in [0.29, 0.717) is 0 Å². The molecule has 0 radical (unpaired) electrons. The molecular formula is C22H27Br2N. The molecule has 0 spiro atoms. The van der Waals surface area contributed by atoms with Crippen LogP contribution in [0.5, 0.6) is 0 Å². The van der Waals surface area contributed by atoms with Gasteiger partial charge in [-0.2, -0.15) is 0 Å². The fourth-order valence-corrected chi connectivity index (χ4v) is 4.49. The topological polar surface area (TPSA) is 15.8 Å². The molecule has 1 nitrogen and oxygen atoms in total. The van der Waals surface area contributed by atoms with E-state index in [1.807, 2.05) is 0 Å². The van der Waals surface area contributed by atoms with E-state index in [1.165, 1.54) is 57.5 Å².